The van der Waals surface area contributed by atoms with Gasteiger partial charge in [0, 0.05) is 51.0 Å². The summed E-state index contributed by atoms with van der Waals surface area (Å²) < 4.78 is 0. The third kappa shape index (κ3) is 2.99. The highest BCUT2D eigenvalue weighted by molar-refractivity contribution is 5.48. The second-order valence-electron chi connectivity index (χ2n) is 6.00. The van der Waals surface area contributed by atoms with Crippen LogP contribution in [0.15, 0.2) is 24.3 Å². The summed E-state index contributed by atoms with van der Waals surface area (Å²) in [7, 11) is 0. The highest BCUT2D eigenvalue weighted by Gasteiger charge is 2.20. The fraction of sp³-hybridized carbons (Fsp3) is 0.647. The Kier molecular flexibility index (Phi) is 4.58. The summed E-state index contributed by atoms with van der Waals surface area (Å²) >= 11 is 0. The zero-order valence-electron chi connectivity index (χ0n) is 12.6. The van der Waals surface area contributed by atoms with Crippen LogP contribution in [0.25, 0.3) is 0 Å². The highest BCUT2D eigenvalue weighted by Crippen LogP contribution is 2.27. The third-order valence-electron chi connectivity index (χ3n) is 4.73. The first-order valence-electron chi connectivity index (χ1n) is 8.18. The zero-order chi connectivity index (χ0) is 13.8. The Balaban J connectivity index is 1.71. The topological polar surface area (TPSA) is 18.5 Å². The molecule has 2 fully saturated rings. The number of benzene rings is 1. The summed E-state index contributed by atoms with van der Waals surface area (Å²) in [5.74, 6) is 0. The lowest BCUT2D eigenvalue weighted by molar-refractivity contribution is 0.169. The van der Waals surface area contributed by atoms with Gasteiger partial charge in [0.1, 0.15) is 0 Å². The molecule has 0 amide bonds. The van der Waals surface area contributed by atoms with E-state index in [1.165, 1.54) is 56.7 Å². The van der Waals surface area contributed by atoms with Gasteiger partial charge in [0.2, 0.25) is 0 Å². The Morgan fingerprint density at radius 2 is 1.65 bits per heavy atom. The average Bonchev–Trinajstić information content (AvgIpc) is 3.04. The van der Waals surface area contributed by atoms with Gasteiger partial charge in [-0.2, -0.15) is 0 Å². The molecule has 110 valence electrons. The van der Waals surface area contributed by atoms with E-state index in [2.05, 4.69) is 46.3 Å². The molecule has 0 aliphatic carbocycles. The fourth-order valence-electron chi connectivity index (χ4n) is 3.58. The van der Waals surface area contributed by atoms with E-state index in [0.29, 0.717) is 6.04 Å². The molecule has 3 nitrogen and oxygen atoms in total. The van der Waals surface area contributed by atoms with Crippen molar-refractivity contribution in [3.05, 3.63) is 29.8 Å². The van der Waals surface area contributed by atoms with Crippen molar-refractivity contribution in [2.45, 2.75) is 32.2 Å². The summed E-state index contributed by atoms with van der Waals surface area (Å²) in [6.45, 7) is 9.37. The first kappa shape index (κ1) is 13.9. The highest BCUT2D eigenvalue weighted by atomic mass is 15.2. The predicted octanol–water partition coefficient (Wildman–Crippen LogP) is 2.64. The third-order valence-corrected chi connectivity index (χ3v) is 4.73. The molecule has 2 aliphatic rings. The van der Waals surface area contributed by atoms with Crippen LogP contribution in [0, 0.1) is 0 Å². The lowest BCUT2D eigenvalue weighted by Crippen LogP contribution is -2.45. The molecular formula is C17H27N3. The Morgan fingerprint density at radius 3 is 2.25 bits per heavy atom. The van der Waals surface area contributed by atoms with Crippen LogP contribution in [0.1, 0.15) is 37.8 Å². The lowest BCUT2D eigenvalue weighted by atomic mass is 10.0. The van der Waals surface area contributed by atoms with Crippen molar-refractivity contribution in [3.8, 4) is 0 Å². The van der Waals surface area contributed by atoms with E-state index < -0.39 is 0 Å². The van der Waals surface area contributed by atoms with Crippen molar-refractivity contribution in [2.75, 3.05) is 44.2 Å². The normalized spacial score (nSPS) is 22.1. The summed E-state index contributed by atoms with van der Waals surface area (Å²) in [4.78, 5) is 5.14. The number of piperazine rings is 1. The molecule has 1 atom stereocenters. The molecule has 1 aromatic carbocycles. The van der Waals surface area contributed by atoms with Gasteiger partial charge in [0.05, 0.1) is 0 Å². The van der Waals surface area contributed by atoms with E-state index in [1.54, 1.807) is 0 Å². The van der Waals surface area contributed by atoms with E-state index in [4.69, 9.17) is 0 Å². The summed E-state index contributed by atoms with van der Waals surface area (Å²) in [5, 5.41) is 3.44. The maximum Gasteiger partial charge on any atom is 0.0366 e. The second kappa shape index (κ2) is 6.59. The molecule has 0 unspecified atom stereocenters. The quantitative estimate of drug-likeness (QED) is 0.910. The minimum absolute atomic E-state index is 0.588. The van der Waals surface area contributed by atoms with Crippen molar-refractivity contribution in [2.24, 2.45) is 0 Å². The van der Waals surface area contributed by atoms with Crippen LogP contribution in [0.2, 0.25) is 0 Å². The number of rotatable bonds is 4. The Bertz CT molecular complexity index is 403. The molecule has 0 bridgehead atoms. The van der Waals surface area contributed by atoms with Crippen LogP contribution < -0.4 is 10.2 Å². The molecule has 0 radical (unpaired) electrons. The molecule has 20 heavy (non-hydrogen) atoms. The van der Waals surface area contributed by atoms with Gasteiger partial charge in [-0.3, -0.25) is 4.90 Å². The van der Waals surface area contributed by atoms with E-state index in [-0.39, 0.29) is 0 Å². The number of hydrogen-bond donors (Lipinski definition) is 1. The van der Waals surface area contributed by atoms with Gasteiger partial charge in [0.15, 0.2) is 0 Å². The molecule has 0 spiro atoms. The second-order valence-corrected chi connectivity index (χ2v) is 6.00. The molecule has 3 rings (SSSR count). The van der Waals surface area contributed by atoms with Crippen molar-refractivity contribution < 1.29 is 0 Å². The lowest BCUT2D eigenvalue weighted by Gasteiger charge is -2.35. The van der Waals surface area contributed by atoms with Crippen molar-refractivity contribution >= 4 is 5.69 Å². The summed E-state index contributed by atoms with van der Waals surface area (Å²) in [5.41, 5.74) is 2.89. The van der Waals surface area contributed by atoms with Crippen molar-refractivity contribution in [1.82, 2.24) is 10.2 Å². The van der Waals surface area contributed by atoms with Gasteiger partial charge in [0.25, 0.3) is 0 Å². The van der Waals surface area contributed by atoms with Gasteiger partial charge < -0.3 is 10.2 Å². The van der Waals surface area contributed by atoms with Crippen molar-refractivity contribution in [3.63, 3.8) is 0 Å². The largest absolute Gasteiger partial charge is 0.372 e. The molecule has 1 aromatic rings. The Hall–Kier alpha value is -1.06. The molecule has 1 N–H and O–H groups in total. The average molecular weight is 273 g/mol. The Labute approximate surface area is 123 Å². The molecule has 0 saturated carbocycles. The molecule has 2 heterocycles. The molecule has 3 heteroatoms. The fourth-order valence-corrected chi connectivity index (χ4v) is 3.58. The number of hydrogen-bond acceptors (Lipinski definition) is 3. The summed E-state index contributed by atoms with van der Waals surface area (Å²) in [6, 6.07) is 9.94. The maximum absolute atomic E-state index is 3.44. The standard InChI is InChI=1S/C17H27N3/c1-2-17(20-13-9-18-10-14-20)15-5-7-16(8-6-15)19-11-3-4-12-19/h5-8,17-18H,2-4,9-14H2,1H3/t17-/m1/s1. The zero-order valence-corrected chi connectivity index (χ0v) is 12.6. The number of nitrogens with zero attached hydrogens (tertiary/aromatic N) is 2. The SMILES string of the molecule is CC[C@H](c1ccc(N2CCCC2)cc1)N1CCNCC1. The minimum atomic E-state index is 0.588. The molecular weight excluding hydrogens is 246 g/mol. The van der Waals surface area contributed by atoms with Crippen molar-refractivity contribution in [1.29, 1.82) is 0 Å². The van der Waals surface area contributed by atoms with E-state index in [0.717, 1.165) is 13.1 Å². The van der Waals surface area contributed by atoms with Gasteiger partial charge in [-0.25, -0.2) is 0 Å². The van der Waals surface area contributed by atoms with Crippen LogP contribution in [-0.4, -0.2) is 44.2 Å². The smallest absolute Gasteiger partial charge is 0.0366 e. The van der Waals surface area contributed by atoms with Crippen LogP contribution >= 0.6 is 0 Å². The minimum Gasteiger partial charge on any atom is -0.372 e. The monoisotopic (exact) mass is 273 g/mol. The van der Waals surface area contributed by atoms with Gasteiger partial charge >= 0.3 is 0 Å². The predicted molar refractivity (Wildman–Crippen MR) is 85.4 cm³/mol. The number of nitrogens with one attached hydrogen (secondary N) is 1. The van der Waals surface area contributed by atoms with Gasteiger partial charge in [-0.05, 0) is 37.0 Å². The van der Waals surface area contributed by atoms with E-state index in [1.807, 2.05) is 0 Å². The molecule has 2 aliphatic heterocycles. The van der Waals surface area contributed by atoms with Crippen LogP contribution in [-0.2, 0) is 0 Å². The first-order valence-corrected chi connectivity index (χ1v) is 8.18. The molecule has 2 saturated heterocycles. The van der Waals surface area contributed by atoms with Crippen LogP contribution in [0.4, 0.5) is 5.69 Å². The molecule has 0 aromatic heterocycles. The first-order chi connectivity index (χ1) is 9.88. The maximum atomic E-state index is 3.44. The van der Waals surface area contributed by atoms with E-state index >= 15 is 0 Å². The van der Waals surface area contributed by atoms with E-state index in [9.17, 15) is 0 Å². The van der Waals surface area contributed by atoms with Crippen LogP contribution in [0.3, 0.4) is 0 Å². The van der Waals surface area contributed by atoms with Gasteiger partial charge in [-0.1, -0.05) is 19.1 Å². The Morgan fingerprint density at radius 1 is 1.00 bits per heavy atom. The van der Waals surface area contributed by atoms with Crippen LogP contribution in [0.5, 0.6) is 0 Å². The van der Waals surface area contributed by atoms with Gasteiger partial charge in [-0.15, -0.1) is 0 Å². The number of anilines is 1. The summed E-state index contributed by atoms with van der Waals surface area (Å²) in [6.07, 6.45) is 3.89.